The summed E-state index contributed by atoms with van der Waals surface area (Å²) in [6, 6.07) is 12.9. The van der Waals surface area contributed by atoms with E-state index in [1.807, 2.05) is 35.4 Å². The van der Waals surface area contributed by atoms with E-state index in [4.69, 9.17) is 22.1 Å². The number of nitrogens with zero attached hydrogens (tertiary/aromatic N) is 4. The summed E-state index contributed by atoms with van der Waals surface area (Å²) in [5.74, 6) is 1.81. The van der Waals surface area contributed by atoms with E-state index in [0.29, 0.717) is 12.6 Å². The maximum atomic E-state index is 5.67. The fourth-order valence-electron chi connectivity index (χ4n) is 4.00. The van der Waals surface area contributed by atoms with Gasteiger partial charge in [-0.1, -0.05) is 0 Å². The summed E-state index contributed by atoms with van der Waals surface area (Å²) < 4.78 is 10.3. The maximum absolute atomic E-state index is 5.67. The monoisotopic (exact) mass is 396 g/mol. The third-order valence-corrected chi connectivity index (χ3v) is 5.89. The number of benzene rings is 1. The number of ether oxygens (including phenoxy) is 1. The number of hydrogen-bond donors (Lipinski definition) is 1. The lowest BCUT2D eigenvalue weighted by Crippen LogP contribution is -3.09. The average molecular weight is 397 g/mol. The molecule has 0 radical (unpaired) electrons. The van der Waals surface area contributed by atoms with Crippen molar-refractivity contribution in [2.45, 2.75) is 32.5 Å². The Morgan fingerprint density at radius 1 is 1.18 bits per heavy atom. The van der Waals surface area contributed by atoms with Gasteiger partial charge in [0.05, 0.1) is 13.2 Å². The number of pyridine rings is 1. The lowest BCUT2D eigenvalue weighted by atomic mass is 10.0. The van der Waals surface area contributed by atoms with Crippen LogP contribution >= 0.6 is 12.2 Å². The Bertz CT molecular complexity index is 980. The molecule has 1 fully saturated rings. The predicted molar refractivity (Wildman–Crippen MR) is 111 cm³/mol. The van der Waals surface area contributed by atoms with Crippen LogP contribution in [0.5, 0.6) is 5.75 Å². The molecule has 146 valence electrons. The molecule has 1 saturated heterocycles. The summed E-state index contributed by atoms with van der Waals surface area (Å²) in [6.07, 6.45) is 5.96. The van der Waals surface area contributed by atoms with Gasteiger partial charge in [0.1, 0.15) is 11.8 Å². The number of likely N-dealkylation sites (tertiary alicyclic amines) is 1. The van der Waals surface area contributed by atoms with Crippen molar-refractivity contribution in [1.82, 2.24) is 19.3 Å². The minimum absolute atomic E-state index is 0.462. The lowest BCUT2D eigenvalue weighted by molar-refractivity contribution is -0.941. The minimum atomic E-state index is 0.462. The lowest BCUT2D eigenvalue weighted by Gasteiger charge is -2.21. The van der Waals surface area contributed by atoms with Gasteiger partial charge in [0, 0.05) is 43.4 Å². The zero-order chi connectivity index (χ0) is 19.5. The third-order valence-electron chi connectivity index (χ3n) is 5.41. The second kappa shape index (κ2) is 8.24. The van der Waals surface area contributed by atoms with E-state index in [1.165, 1.54) is 23.3 Å². The van der Waals surface area contributed by atoms with Gasteiger partial charge in [0.2, 0.25) is 4.77 Å². The first-order valence-electron chi connectivity index (χ1n) is 9.79. The van der Waals surface area contributed by atoms with Crippen molar-refractivity contribution in [1.29, 1.82) is 0 Å². The summed E-state index contributed by atoms with van der Waals surface area (Å²) in [4.78, 5) is 5.59. The highest BCUT2D eigenvalue weighted by atomic mass is 32.1. The van der Waals surface area contributed by atoms with Crippen LogP contribution in [-0.2, 0) is 13.7 Å². The molecule has 1 unspecified atom stereocenters. The van der Waals surface area contributed by atoms with Crippen LogP contribution in [0.4, 0.5) is 0 Å². The number of rotatable bonds is 6. The SMILES string of the molecule is CCOc1ccc([C@@H]2CCC[NH+]2Cn2nc(-c3ccncc3)n(C)c2=S)cc1. The Balaban J connectivity index is 1.56. The molecule has 0 amide bonds. The summed E-state index contributed by atoms with van der Waals surface area (Å²) in [7, 11) is 1.98. The fraction of sp³-hybridized carbons (Fsp3) is 0.381. The van der Waals surface area contributed by atoms with Crippen molar-refractivity contribution in [2.75, 3.05) is 13.2 Å². The van der Waals surface area contributed by atoms with Gasteiger partial charge in [-0.3, -0.25) is 4.98 Å². The Morgan fingerprint density at radius 2 is 1.93 bits per heavy atom. The highest BCUT2D eigenvalue weighted by molar-refractivity contribution is 7.71. The topological polar surface area (TPSA) is 49.3 Å². The Hall–Kier alpha value is -2.51. The molecular formula is C21H26N5OS+. The predicted octanol–water partition coefficient (Wildman–Crippen LogP) is 2.79. The van der Waals surface area contributed by atoms with Crippen molar-refractivity contribution >= 4 is 12.2 Å². The van der Waals surface area contributed by atoms with Crippen LogP contribution in [0.25, 0.3) is 11.4 Å². The molecule has 0 bridgehead atoms. The third kappa shape index (κ3) is 3.72. The number of hydrogen-bond acceptors (Lipinski definition) is 4. The minimum Gasteiger partial charge on any atom is -0.494 e. The van der Waals surface area contributed by atoms with Crippen molar-refractivity contribution < 1.29 is 9.64 Å². The first-order chi connectivity index (χ1) is 13.7. The van der Waals surface area contributed by atoms with E-state index in [1.54, 1.807) is 12.4 Å². The molecular weight excluding hydrogens is 370 g/mol. The van der Waals surface area contributed by atoms with Gasteiger partial charge in [0.25, 0.3) is 0 Å². The average Bonchev–Trinajstić information content (AvgIpc) is 3.30. The number of aromatic nitrogens is 4. The molecule has 0 spiro atoms. The van der Waals surface area contributed by atoms with E-state index in [0.717, 1.165) is 35.1 Å². The van der Waals surface area contributed by atoms with Crippen LogP contribution in [0.3, 0.4) is 0 Å². The van der Waals surface area contributed by atoms with Gasteiger partial charge in [-0.05, 0) is 55.5 Å². The molecule has 1 aliphatic heterocycles. The first kappa shape index (κ1) is 18.8. The molecule has 1 N–H and O–H groups in total. The van der Waals surface area contributed by atoms with Crippen LogP contribution in [0.1, 0.15) is 31.4 Å². The zero-order valence-corrected chi connectivity index (χ0v) is 17.2. The molecule has 2 aromatic heterocycles. The van der Waals surface area contributed by atoms with Gasteiger partial charge >= 0.3 is 0 Å². The van der Waals surface area contributed by atoms with Gasteiger partial charge in [0.15, 0.2) is 12.5 Å². The van der Waals surface area contributed by atoms with E-state index in [-0.39, 0.29) is 0 Å². The first-order valence-corrected chi connectivity index (χ1v) is 10.2. The Labute approximate surface area is 170 Å². The fourth-order valence-corrected chi connectivity index (χ4v) is 4.19. The van der Waals surface area contributed by atoms with Gasteiger partial charge in [-0.2, -0.15) is 4.68 Å². The van der Waals surface area contributed by atoms with E-state index in [9.17, 15) is 0 Å². The van der Waals surface area contributed by atoms with Crippen LogP contribution in [0, 0.1) is 4.77 Å². The van der Waals surface area contributed by atoms with Crippen molar-refractivity contribution in [2.24, 2.45) is 7.05 Å². The standard InChI is InChI=1S/C21H25N5OS/c1-3-27-18-8-6-16(7-9-18)19-5-4-14-25(19)15-26-21(28)24(2)20(23-26)17-10-12-22-13-11-17/h6-13,19H,3-5,14-15H2,1-2H3/p+1/t19-/m0/s1. The van der Waals surface area contributed by atoms with Crippen molar-refractivity contribution in [3.63, 3.8) is 0 Å². The number of nitrogens with one attached hydrogen (secondary N) is 1. The molecule has 6 nitrogen and oxygen atoms in total. The Morgan fingerprint density at radius 3 is 2.64 bits per heavy atom. The van der Waals surface area contributed by atoms with Gasteiger partial charge in [-0.15, -0.1) is 5.10 Å². The van der Waals surface area contributed by atoms with E-state index in [2.05, 4.69) is 29.2 Å². The second-order valence-electron chi connectivity index (χ2n) is 7.16. The van der Waals surface area contributed by atoms with Crippen LogP contribution < -0.4 is 9.64 Å². The smallest absolute Gasteiger partial charge is 0.202 e. The molecule has 0 saturated carbocycles. The molecule has 2 atom stereocenters. The normalized spacial score (nSPS) is 19.1. The van der Waals surface area contributed by atoms with E-state index < -0.39 is 0 Å². The largest absolute Gasteiger partial charge is 0.494 e. The van der Waals surface area contributed by atoms with Crippen molar-refractivity contribution in [3.05, 3.63) is 59.1 Å². The molecule has 0 aliphatic carbocycles. The summed E-state index contributed by atoms with van der Waals surface area (Å²) >= 11 is 5.67. The molecule has 7 heteroatoms. The summed E-state index contributed by atoms with van der Waals surface area (Å²) in [5, 5.41) is 4.82. The molecule has 1 aliphatic rings. The molecule has 3 aromatic rings. The highest BCUT2D eigenvalue weighted by Gasteiger charge is 2.31. The zero-order valence-electron chi connectivity index (χ0n) is 16.3. The second-order valence-corrected chi connectivity index (χ2v) is 7.53. The van der Waals surface area contributed by atoms with Crippen LogP contribution in [0.15, 0.2) is 48.8 Å². The summed E-state index contributed by atoms with van der Waals surface area (Å²) in [5.41, 5.74) is 2.38. The Kier molecular flexibility index (Phi) is 5.54. The number of quaternary nitrogens is 1. The van der Waals surface area contributed by atoms with Crippen LogP contribution in [0.2, 0.25) is 0 Å². The molecule has 4 rings (SSSR count). The van der Waals surface area contributed by atoms with Gasteiger partial charge in [-0.25, -0.2) is 0 Å². The van der Waals surface area contributed by atoms with Crippen LogP contribution in [-0.4, -0.2) is 32.5 Å². The molecule has 3 heterocycles. The highest BCUT2D eigenvalue weighted by Crippen LogP contribution is 2.22. The van der Waals surface area contributed by atoms with Crippen molar-refractivity contribution in [3.8, 4) is 17.1 Å². The quantitative estimate of drug-likeness (QED) is 0.651. The van der Waals surface area contributed by atoms with E-state index >= 15 is 0 Å². The molecule has 28 heavy (non-hydrogen) atoms. The summed E-state index contributed by atoms with van der Waals surface area (Å²) in [6.45, 7) is 4.60. The van der Waals surface area contributed by atoms with Gasteiger partial charge < -0.3 is 14.2 Å². The maximum Gasteiger partial charge on any atom is 0.202 e. The molecule has 1 aromatic carbocycles.